The maximum Gasteiger partial charge on any atom is 0.154 e. The van der Waals surface area contributed by atoms with Crippen LogP contribution in [0.5, 0.6) is 0 Å². The van der Waals surface area contributed by atoms with Gasteiger partial charge in [-0.2, -0.15) is 10.2 Å². The Morgan fingerprint density at radius 3 is 2.71 bits per heavy atom. The van der Waals surface area contributed by atoms with Crippen LogP contribution in [0.4, 0.5) is 5.69 Å². The lowest BCUT2D eigenvalue weighted by molar-refractivity contribution is 0.417. The molecular weight excluding hydrogens is 210 g/mol. The van der Waals surface area contributed by atoms with Gasteiger partial charge in [-0.3, -0.25) is 0 Å². The zero-order valence-corrected chi connectivity index (χ0v) is 10.2. The van der Waals surface area contributed by atoms with Crippen molar-refractivity contribution in [2.24, 2.45) is 21.9 Å². The number of azo groups is 1. The van der Waals surface area contributed by atoms with Gasteiger partial charge in [-0.25, -0.2) is 0 Å². The average Bonchev–Trinajstić information content (AvgIpc) is 2.32. The van der Waals surface area contributed by atoms with E-state index in [1.54, 1.807) is 0 Å². The van der Waals surface area contributed by atoms with Crippen molar-refractivity contribution in [2.75, 3.05) is 0 Å². The van der Waals surface area contributed by atoms with E-state index in [2.05, 4.69) is 10.2 Å². The van der Waals surface area contributed by atoms with Gasteiger partial charge < -0.3 is 5.73 Å². The maximum atomic E-state index is 6.20. The highest BCUT2D eigenvalue weighted by atomic mass is 15.2. The zero-order valence-electron chi connectivity index (χ0n) is 10.2. The van der Waals surface area contributed by atoms with Gasteiger partial charge in [0.1, 0.15) is 0 Å². The molecule has 0 aromatic heterocycles. The molecule has 0 radical (unpaired) electrons. The molecule has 0 amide bonds. The Bertz CT molecular complexity index is 488. The average molecular weight is 227 g/mol. The SMILES string of the molecule is Cc1ccccc1N=N[C@@]1(N)C=CC=C[C@@H]1C. The molecule has 0 spiro atoms. The van der Waals surface area contributed by atoms with Crippen molar-refractivity contribution in [1.82, 2.24) is 0 Å². The Hall–Kier alpha value is -1.74. The van der Waals surface area contributed by atoms with Crippen LogP contribution in [0.2, 0.25) is 0 Å². The molecule has 0 fully saturated rings. The number of nitrogens with zero attached hydrogens (tertiary/aromatic N) is 2. The van der Waals surface area contributed by atoms with Crippen LogP contribution in [-0.2, 0) is 0 Å². The predicted molar refractivity (Wildman–Crippen MR) is 70.1 cm³/mol. The summed E-state index contributed by atoms with van der Waals surface area (Å²) < 4.78 is 0. The van der Waals surface area contributed by atoms with Crippen LogP contribution >= 0.6 is 0 Å². The van der Waals surface area contributed by atoms with Crippen molar-refractivity contribution >= 4 is 5.69 Å². The van der Waals surface area contributed by atoms with Crippen LogP contribution in [0.15, 0.2) is 58.8 Å². The molecule has 17 heavy (non-hydrogen) atoms. The van der Waals surface area contributed by atoms with E-state index >= 15 is 0 Å². The third-order valence-corrected chi connectivity index (χ3v) is 3.05. The van der Waals surface area contributed by atoms with Crippen molar-refractivity contribution in [2.45, 2.75) is 19.5 Å². The highest BCUT2D eigenvalue weighted by molar-refractivity contribution is 5.44. The number of nitrogens with two attached hydrogens (primary N) is 1. The molecule has 2 atom stereocenters. The summed E-state index contributed by atoms with van der Waals surface area (Å²) in [6.07, 6.45) is 7.83. The molecule has 1 aliphatic carbocycles. The minimum absolute atomic E-state index is 0.153. The Balaban J connectivity index is 2.24. The molecule has 0 heterocycles. The van der Waals surface area contributed by atoms with Gasteiger partial charge in [-0.15, -0.1) is 0 Å². The largest absolute Gasteiger partial charge is 0.302 e. The van der Waals surface area contributed by atoms with Gasteiger partial charge in [0.25, 0.3) is 0 Å². The van der Waals surface area contributed by atoms with Crippen LogP contribution in [0.3, 0.4) is 0 Å². The Kier molecular flexibility index (Phi) is 3.20. The molecular formula is C14H17N3. The summed E-state index contributed by atoms with van der Waals surface area (Å²) >= 11 is 0. The molecule has 0 saturated heterocycles. The monoisotopic (exact) mass is 227 g/mol. The van der Waals surface area contributed by atoms with Crippen LogP contribution in [0.1, 0.15) is 12.5 Å². The van der Waals surface area contributed by atoms with E-state index in [4.69, 9.17) is 5.73 Å². The molecule has 1 aromatic carbocycles. The quantitative estimate of drug-likeness (QED) is 0.772. The number of hydrogen-bond donors (Lipinski definition) is 1. The zero-order chi connectivity index (χ0) is 12.3. The van der Waals surface area contributed by atoms with Gasteiger partial charge >= 0.3 is 0 Å². The normalized spacial score (nSPS) is 27.8. The van der Waals surface area contributed by atoms with Crippen molar-refractivity contribution in [1.29, 1.82) is 0 Å². The molecule has 3 heteroatoms. The Labute approximate surface area is 102 Å². The van der Waals surface area contributed by atoms with Crippen molar-refractivity contribution in [3.05, 3.63) is 54.1 Å². The second-order valence-corrected chi connectivity index (χ2v) is 4.41. The fraction of sp³-hybridized carbons (Fsp3) is 0.286. The second kappa shape index (κ2) is 4.63. The smallest absolute Gasteiger partial charge is 0.154 e. The summed E-state index contributed by atoms with van der Waals surface area (Å²) in [7, 11) is 0. The Morgan fingerprint density at radius 1 is 1.24 bits per heavy atom. The standard InChI is InChI=1S/C14H17N3/c1-11-7-3-4-9-13(11)16-17-14(15)10-6-5-8-12(14)2/h3-10,12H,15H2,1-2H3/t12-,14-/m0/s1. The number of rotatable bonds is 2. The number of benzene rings is 1. The van der Waals surface area contributed by atoms with E-state index in [1.807, 2.05) is 62.4 Å². The first-order valence-electron chi connectivity index (χ1n) is 5.75. The first kappa shape index (κ1) is 11.7. The van der Waals surface area contributed by atoms with Gasteiger partial charge in [0.15, 0.2) is 5.66 Å². The summed E-state index contributed by atoms with van der Waals surface area (Å²) in [4.78, 5) is 0. The molecule has 1 aliphatic rings. The number of allylic oxidation sites excluding steroid dienone is 2. The molecule has 2 N–H and O–H groups in total. The minimum Gasteiger partial charge on any atom is -0.302 e. The highest BCUT2D eigenvalue weighted by Crippen LogP contribution is 2.26. The first-order chi connectivity index (χ1) is 8.12. The van der Waals surface area contributed by atoms with E-state index < -0.39 is 5.66 Å². The molecule has 2 rings (SSSR count). The van der Waals surface area contributed by atoms with Crippen LogP contribution in [0.25, 0.3) is 0 Å². The third kappa shape index (κ3) is 2.50. The molecule has 3 nitrogen and oxygen atoms in total. The van der Waals surface area contributed by atoms with E-state index in [9.17, 15) is 0 Å². The summed E-state index contributed by atoms with van der Waals surface area (Å²) in [6.45, 7) is 4.05. The van der Waals surface area contributed by atoms with E-state index in [-0.39, 0.29) is 5.92 Å². The first-order valence-corrected chi connectivity index (χ1v) is 5.75. The third-order valence-electron chi connectivity index (χ3n) is 3.05. The van der Waals surface area contributed by atoms with E-state index in [1.165, 1.54) is 0 Å². The number of hydrogen-bond acceptors (Lipinski definition) is 3. The Morgan fingerprint density at radius 2 is 2.00 bits per heavy atom. The van der Waals surface area contributed by atoms with Gasteiger partial charge in [0, 0.05) is 5.92 Å². The summed E-state index contributed by atoms with van der Waals surface area (Å²) in [5, 5.41) is 8.56. The molecule has 1 aromatic rings. The van der Waals surface area contributed by atoms with Crippen LogP contribution in [0, 0.1) is 12.8 Å². The lowest BCUT2D eigenvalue weighted by Gasteiger charge is -2.26. The van der Waals surface area contributed by atoms with Gasteiger partial charge in [0.05, 0.1) is 5.69 Å². The van der Waals surface area contributed by atoms with E-state index in [0.29, 0.717) is 0 Å². The van der Waals surface area contributed by atoms with Crippen LogP contribution < -0.4 is 5.73 Å². The lowest BCUT2D eigenvalue weighted by Crippen LogP contribution is -2.42. The summed E-state index contributed by atoms with van der Waals surface area (Å²) in [5.41, 5.74) is 7.44. The van der Waals surface area contributed by atoms with Gasteiger partial charge in [-0.05, 0) is 24.6 Å². The second-order valence-electron chi connectivity index (χ2n) is 4.41. The topological polar surface area (TPSA) is 50.7 Å². The summed E-state index contributed by atoms with van der Waals surface area (Å²) in [5.74, 6) is 0.153. The van der Waals surface area contributed by atoms with Crippen LogP contribution in [-0.4, -0.2) is 5.66 Å². The predicted octanol–water partition coefficient (Wildman–Crippen LogP) is 3.50. The molecule has 0 saturated carbocycles. The minimum atomic E-state index is -0.725. The summed E-state index contributed by atoms with van der Waals surface area (Å²) in [6, 6.07) is 7.88. The fourth-order valence-electron chi connectivity index (χ4n) is 1.69. The molecule has 0 bridgehead atoms. The molecule has 0 aliphatic heterocycles. The van der Waals surface area contributed by atoms with Crippen molar-refractivity contribution < 1.29 is 0 Å². The molecule has 0 unspecified atom stereocenters. The van der Waals surface area contributed by atoms with Gasteiger partial charge in [-0.1, -0.05) is 43.4 Å². The van der Waals surface area contributed by atoms with Crippen molar-refractivity contribution in [3.8, 4) is 0 Å². The van der Waals surface area contributed by atoms with E-state index in [0.717, 1.165) is 11.3 Å². The lowest BCUT2D eigenvalue weighted by atomic mass is 9.92. The van der Waals surface area contributed by atoms with Crippen molar-refractivity contribution in [3.63, 3.8) is 0 Å². The highest BCUT2D eigenvalue weighted by Gasteiger charge is 2.28. The molecule has 88 valence electrons. The number of aryl methyl sites for hydroxylation is 1. The fourth-order valence-corrected chi connectivity index (χ4v) is 1.69. The maximum absolute atomic E-state index is 6.20. The van der Waals surface area contributed by atoms with Gasteiger partial charge in [0.2, 0.25) is 0 Å².